The van der Waals surface area contributed by atoms with Gasteiger partial charge in [-0.1, -0.05) is 12.8 Å². The number of fused-ring (bicyclic) bond motifs is 2. The second-order valence-electron chi connectivity index (χ2n) is 7.40. The van der Waals surface area contributed by atoms with Crippen molar-refractivity contribution in [3.63, 3.8) is 0 Å². The van der Waals surface area contributed by atoms with E-state index in [4.69, 9.17) is 5.10 Å². The summed E-state index contributed by atoms with van der Waals surface area (Å²) < 4.78 is 2.22. The SMILES string of the molecule is CN(Cc1ccn(C2CCCC2)n1)C1CC2CCC(C1)N2. The Morgan fingerprint density at radius 3 is 2.62 bits per heavy atom. The molecule has 3 heterocycles. The number of rotatable bonds is 4. The summed E-state index contributed by atoms with van der Waals surface area (Å²) in [6, 6.07) is 5.17. The minimum atomic E-state index is 0.666. The first-order valence-corrected chi connectivity index (χ1v) is 8.78. The lowest BCUT2D eigenvalue weighted by molar-refractivity contribution is 0.164. The number of hydrogen-bond acceptors (Lipinski definition) is 3. The molecule has 4 nitrogen and oxygen atoms in total. The Morgan fingerprint density at radius 2 is 1.90 bits per heavy atom. The van der Waals surface area contributed by atoms with Crippen LogP contribution in [0.5, 0.6) is 0 Å². The average Bonchev–Trinajstić information content (AvgIpc) is 3.20. The summed E-state index contributed by atoms with van der Waals surface area (Å²) >= 11 is 0. The van der Waals surface area contributed by atoms with Gasteiger partial charge in [-0.3, -0.25) is 9.58 Å². The minimum Gasteiger partial charge on any atom is -0.311 e. The van der Waals surface area contributed by atoms with Crippen molar-refractivity contribution in [3.05, 3.63) is 18.0 Å². The lowest BCUT2D eigenvalue weighted by Gasteiger charge is -2.35. The highest BCUT2D eigenvalue weighted by Crippen LogP contribution is 2.31. The molecule has 2 atom stereocenters. The van der Waals surface area contributed by atoms with E-state index in [1.165, 1.54) is 57.1 Å². The van der Waals surface area contributed by atoms with Crippen molar-refractivity contribution >= 4 is 0 Å². The smallest absolute Gasteiger partial charge is 0.0764 e. The number of nitrogens with one attached hydrogen (secondary N) is 1. The minimum absolute atomic E-state index is 0.666. The van der Waals surface area contributed by atoms with Crippen molar-refractivity contribution in [2.24, 2.45) is 0 Å². The van der Waals surface area contributed by atoms with Gasteiger partial charge in [-0.05, 0) is 51.6 Å². The summed E-state index contributed by atoms with van der Waals surface area (Å²) in [4.78, 5) is 2.54. The summed E-state index contributed by atoms with van der Waals surface area (Å²) in [5.41, 5.74) is 1.25. The normalized spacial score (nSPS) is 33.1. The Hall–Kier alpha value is -0.870. The molecule has 3 aliphatic rings. The van der Waals surface area contributed by atoms with Gasteiger partial charge in [0.15, 0.2) is 0 Å². The molecule has 21 heavy (non-hydrogen) atoms. The van der Waals surface area contributed by atoms with E-state index in [2.05, 4.69) is 34.2 Å². The molecule has 4 rings (SSSR count). The summed E-state index contributed by atoms with van der Waals surface area (Å²) in [7, 11) is 2.28. The van der Waals surface area contributed by atoms with Crippen LogP contribution in [-0.4, -0.2) is 39.9 Å². The largest absolute Gasteiger partial charge is 0.311 e. The number of nitrogens with zero attached hydrogens (tertiary/aromatic N) is 3. The molecule has 1 aromatic rings. The van der Waals surface area contributed by atoms with Gasteiger partial charge >= 0.3 is 0 Å². The third-order valence-corrected chi connectivity index (χ3v) is 5.85. The molecule has 3 fully saturated rings. The maximum absolute atomic E-state index is 4.84. The van der Waals surface area contributed by atoms with Crippen molar-refractivity contribution in [2.75, 3.05) is 7.05 Å². The molecule has 0 amide bonds. The van der Waals surface area contributed by atoms with Gasteiger partial charge in [-0.2, -0.15) is 5.10 Å². The number of hydrogen-bond donors (Lipinski definition) is 1. The molecule has 0 aromatic carbocycles. The fourth-order valence-electron chi connectivity index (χ4n) is 4.61. The molecule has 2 saturated heterocycles. The second-order valence-corrected chi connectivity index (χ2v) is 7.40. The first kappa shape index (κ1) is 13.8. The van der Waals surface area contributed by atoms with E-state index in [9.17, 15) is 0 Å². The maximum atomic E-state index is 4.84. The Kier molecular flexibility index (Phi) is 3.76. The monoisotopic (exact) mass is 288 g/mol. The Morgan fingerprint density at radius 1 is 1.19 bits per heavy atom. The highest BCUT2D eigenvalue weighted by atomic mass is 15.3. The summed E-state index contributed by atoms with van der Waals surface area (Å²) in [5, 5.41) is 8.57. The average molecular weight is 288 g/mol. The standard InChI is InChI=1S/C17H28N4/c1-20(17-10-13-6-7-14(11-17)18-13)12-15-8-9-21(19-15)16-4-2-3-5-16/h8-9,13-14,16-18H,2-7,10-12H2,1H3. The van der Waals surface area contributed by atoms with Crippen LogP contribution in [0.1, 0.15) is 63.1 Å². The third-order valence-electron chi connectivity index (χ3n) is 5.85. The Bertz CT molecular complexity index is 465. The number of aromatic nitrogens is 2. The van der Waals surface area contributed by atoms with Gasteiger partial charge in [0, 0.05) is 30.9 Å². The first-order chi connectivity index (χ1) is 10.3. The van der Waals surface area contributed by atoms with Gasteiger partial charge in [0.2, 0.25) is 0 Å². The molecule has 0 spiro atoms. The van der Waals surface area contributed by atoms with Gasteiger partial charge < -0.3 is 5.32 Å². The third kappa shape index (κ3) is 2.88. The van der Waals surface area contributed by atoms with E-state index >= 15 is 0 Å². The van der Waals surface area contributed by atoms with Crippen LogP contribution < -0.4 is 5.32 Å². The molecule has 1 aromatic heterocycles. The molecular formula is C17H28N4. The van der Waals surface area contributed by atoms with Gasteiger partial charge in [-0.15, -0.1) is 0 Å². The van der Waals surface area contributed by atoms with E-state index in [0.717, 1.165) is 24.7 Å². The topological polar surface area (TPSA) is 33.1 Å². The zero-order chi connectivity index (χ0) is 14.2. The molecular weight excluding hydrogens is 260 g/mol. The van der Waals surface area contributed by atoms with Crippen LogP contribution in [0.2, 0.25) is 0 Å². The second kappa shape index (κ2) is 5.73. The van der Waals surface area contributed by atoms with Crippen molar-refractivity contribution in [2.45, 2.75) is 82.1 Å². The molecule has 1 saturated carbocycles. The lowest BCUT2D eigenvalue weighted by Crippen LogP contribution is -2.46. The zero-order valence-corrected chi connectivity index (χ0v) is 13.2. The molecule has 2 bridgehead atoms. The van der Waals surface area contributed by atoms with E-state index in [1.54, 1.807) is 0 Å². The quantitative estimate of drug-likeness (QED) is 0.925. The van der Waals surface area contributed by atoms with Crippen LogP contribution in [0.3, 0.4) is 0 Å². The fraction of sp³-hybridized carbons (Fsp3) is 0.824. The highest BCUT2D eigenvalue weighted by molar-refractivity contribution is 5.02. The van der Waals surface area contributed by atoms with Crippen LogP contribution in [-0.2, 0) is 6.54 Å². The predicted octanol–water partition coefficient (Wildman–Crippen LogP) is 2.71. The van der Waals surface area contributed by atoms with Crippen LogP contribution >= 0.6 is 0 Å². The summed E-state index contributed by atoms with van der Waals surface area (Å²) in [6.45, 7) is 1.00. The highest BCUT2D eigenvalue weighted by Gasteiger charge is 2.35. The summed E-state index contributed by atoms with van der Waals surface area (Å²) in [6.07, 6.45) is 13.0. The van der Waals surface area contributed by atoms with Gasteiger partial charge in [0.1, 0.15) is 0 Å². The summed E-state index contributed by atoms with van der Waals surface area (Å²) in [5.74, 6) is 0. The molecule has 0 radical (unpaired) electrons. The molecule has 1 aliphatic carbocycles. The van der Waals surface area contributed by atoms with Crippen molar-refractivity contribution < 1.29 is 0 Å². The van der Waals surface area contributed by atoms with Gasteiger partial charge in [0.25, 0.3) is 0 Å². The Balaban J connectivity index is 1.36. The van der Waals surface area contributed by atoms with Crippen molar-refractivity contribution in [3.8, 4) is 0 Å². The maximum Gasteiger partial charge on any atom is 0.0764 e. The zero-order valence-electron chi connectivity index (χ0n) is 13.2. The molecule has 4 heteroatoms. The lowest BCUT2D eigenvalue weighted by atomic mass is 9.98. The van der Waals surface area contributed by atoms with E-state index in [0.29, 0.717) is 6.04 Å². The van der Waals surface area contributed by atoms with E-state index < -0.39 is 0 Å². The van der Waals surface area contributed by atoms with Crippen LogP contribution in [0, 0.1) is 0 Å². The molecule has 2 unspecified atom stereocenters. The molecule has 1 N–H and O–H groups in total. The fourth-order valence-corrected chi connectivity index (χ4v) is 4.61. The van der Waals surface area contributed by atoms with E-state index in [1.807, 2.05) is 0 Å². The first-order valence-electron chi connectivity index (χ1n) is 8.78. The van der Waals surface area contributed by atoms with Gasteiger partial charge in [0.05, 0.1) is 11.7 Å². The molecule has 116 valence electrons. The number of piperidine rings is 1. The van der Waals surface area contributed by atoms with Crippen molar-refractivity contribution in [1.82, 2.24) is 20.0 Å². The van der Waals surface area contributed by atoms with Gasteiger partial charge in [-0.25, -0.2) is 0 Å². The van der Waals surface area contributed by atoms with Crippen LogP contribution in [0.25, 0.3) is 0 Å². The Labute approximate surface area is 127 Å². The van der Waals surface area contributed by atoms with Crippen LogP contribution in [0.4, 0.5) is 0 Å². The van der Waals surface area contributed by atoms with Crippen LogP contribution in [0.15, 0.2) is 12.3 Å². The predicted molar refractivity (Wildman–Crippen MR) is 84.2 cm³/mol. The molecule has 2 aliphatic heterocycles. The van der Waals surface area contributed by atoms with Crippen molar-refractivity contribution in [1.29, 1.82) is 0 Å². The van der Waals surface area contributed by atoms with E-state index in [-0.39, 0.29) is 0 Å².